The van der Waals surface area contributed by atoms with Crippen LogP contribution in [0.1, 0.15) is 11.1 Å². The van der Waals surface area contributed by atoms with E-state index in [1.54, 1.807) is 11.3 Å². The second-order valence-electron chi connectivity index (χ2n) is 2.85. The molecule has 0 aliphatic carbocycles. The molecule has 0 bridgehead atoms. The fourth-order valence-electron chi connectivity index (χ4n) is 1.35. The van der Waals surface area contributed by atoms with Gasteiger partial charge in [-0.25, -0.2) is 0 Å². The first-order valence-electron chi connectivity index (χ1n) is 3.92. The molecule has 4 heteroatoms. The summed E-state index contributed by atoms with van der Waals surface area (Å²) < 4.78 is 2.17. The van der Waals surface area contributed by atoms with Crippen LogP contribution in [0.3, 0.4) is 0 Å². The summed E-state index contributed by atoms with van der Waals surface area (Å²) >= 11 is 8.50. The van der Waals surface area contributed by atoms with Crippen molar-refractivity contribution >= 4 is 53.3 Å². The first-order chi connectivity index (χ1) is 6.76. The number of hydrogen-bond donors (Lipinski definition) is 0. The second-order valence-corrected chi connectivity index (χ2v) is 5.17. The number of nitriles is 1. The number of nitrogens with zero attached hydrogens (tertiary/aromatic N) is 1. The summed E-state index contributed by atoms with van der Waals surface area (Å²) in [6.07, 6.45) is 0. The number of halogens is 2. The van der Waals surface area contributed by atoms with Gasteiger partial charge >= 0.3 is 0 Å². The smallest absolute Gasteiger partial charge is 0.0999 e. The topological polar surface area (TPSA) is 23.8 Å². The van der Waals surface area contributed by atoms with Gasteiger partial charge in [0.05, 0.1) is 11.6 Å². The average Bonchev–Trinajstić information content (AvgIpc) is 2.59. The van der Waals surface area contributed by atoms with Crippen LogP contribution in [-0.2, 0) is 5.33 Å². The third-order valence-electron chi connectivity index (χ3n) is 1.96. The van der Waals surface area contributed by atoms with E-state index in [0.717, 1.165) is 31.0 Å². The Bertz CT molecular complexity index is 525. The predicted octanol–water partition coefficient (Wildman–Crippen LogP) is 4.43. The first-order valence-corrected chi connectivity index (χ1v) is 6.71. The second kappa shape index (κ2) is 4.01. The van der Waals surface area contributed by atoms with Crippen LogP contribution in [0, 0.1) is 11.3 Å². The van der Waals surface area contributed by atoms with Crippen LogP contribution < -0.4 is 0 Å². The molecule has 1 heterocycles. The number of alkyl halides is 1. The Morgan fingerprint density at radius 2 is 2.21 bits per heavy atom. The fraction of sp³-hybridized carbons (Fsp3) is 0.100. The van der Waals surface area contributed by atoms with E-state index in [-0.39, 0.29) is 0 Å². The van der Waals surface area contributed by atoms with E-state index >= 15 is 0 Å². The Hall–Kier alpha value is -0.370. The molecule has 0 unspecified atom stereocenters. The first kappa shape index (κ1) is 10.2. The lowest BCUT2D eigenvalue weighted by atomic mass is 10.1. The summed E-state index contributed by atoms with van der Waals surface area (Å²) in [5.74, 6) is 0. The zero-order valence-corrected chi connectivity index (χ0v) is 11.0. The molecule has 1 aromatic carbocycles. The van der Waals surface area contributed by atoms with Gasteiger partial charge in [-0.3, -0.25) is 0 Å². The minimum atomic E-state index is 0.741. The lowest BCUT2D eigenvalue weighted by Crippen LogP contribution is -1.82. The van der Waals surface area contributed by atoms with Crippen molar-refractivity contribution in [3.05, 3.63) is 33.1 Å². The van der Waals surface area contributed by atoms with Gasteiger partial charge in [-0.15, -0.1) is 11.3 Å². The van der Waals surface area contributed by atoms with Gasteiger partial charge in [0.25, 0.3) is 0 Å². The molecule has 0 aliphatic heterocycles. The van der Waals surface area contributed by atoms with E-state index in [2.05, 4.69) is 44.0 Å². The van der Waals surface area contributed by atoms with E-state index in [4.69, 9.17) is 5.26 Å². The largest absolute Gasteiger partial charge is 0.192 e. The molecular formula is C10H5Br2NS. The van der Waals surface area contributed by atoms with Gasteiger partial charge in [0.1, 0.15) is 0 Å². The molecule has 0 saturated heterocycles. The maximum atomic E-state index is 9.02. The third kappa shape index (κ3) is 1.60. The summed E-state index contributed by atoms with van der Waals surface area (Å²) in [5.41, 5.74) is 1.88. The summed E-state index contributed by atoms with van der Waals surface area (Å²) in [5, 5.41) is 12.8. The lowest BCUT2D eigenvalue weighted by molar-refractivity contribution is 1.44. The maximum Gasteiger partial charge on any atom is 0.0999 e. The SMILES string of the molecule is N#Cc1cc(CBr)cc2scc(Br)c12. The molecule has 0 aliphatic rings. The van der Waals surface area contributed by atoms with Crippen molar-refractivity contribution in [2.45, 2.75) is 5.33 Å². The van der Waals surface area contributed by atoms with Crippen LogP contribution in [0.15, 0.2) is 22.0 Å². The molecule has 0 radical (unpaired) electrons. The van der Waals surface area contributed by atoms with E-state index in [0.29, 0.717) is 0 Å². The van der Waals surface area contributed by atoms with Crippen LogP contribution in [0.4, 0.5) is 0 Å². The van der Waals surface area contributed by atoms with Crippen molar-refractivity contribution in [3.63, 3.8) is 0 Å². The molecule has 70 valence electrons. The number of hydrogen-bond acceptors (Lipinski definition) is 2. The van der Waals surface area contributed by atoms with Crippen molar-refractivity contribution in [3.8, 4) is 6.07 Å². The minimum Gasteiger partial charge on any atom is -0.192 e. The molecule has 0 fully saturated rings. The van der Waals surface area contributed by atoms with Crippen LogP contribution in [0.5, 0.6) is 0 Å². The van der Waals surface area contributed by atoms with Crippen molar-refractivity contribution in [2.24, 2.45) is 0 Å². The van der Waals surface area contributed by atoms with Gasteiger partial charge in [-0.1, -0.05) is 15.9 Å². The van der Waals surface area contributed by atoms with Gasteiger partial charge in [-0.2, -0.15) is 5.26 Å². The standard InChI is InChI=1S/C10H5Br2NS/c11-3-6-1-7(4-13)10-8(12)5-14-9(10)2-6/h1-2,5H,3H2. The highest BCUT2D eigenvalue weighted by Crippen LogP contribution is 2.34. The molecule has 0 spiro atoms. The molecule has 1 nitrogen and oxygen atoms in total. The van der Waals surface area contributed by atoms with Gasteiger partial charge in [0.2, 0.25) is 0 Å². The molecule has 1 aromatic heterocycles. The molecule has 0 saturated carbocycles. The van der Waals surface area contributed by atoms with Crippen LogP contribution in [0.2, 0.25) is 0 Å². The molecular weight excluding hydrogens is 326 g/mol. The van der Waals surface area contributed by atoms with Gasteiger partial charge < -0.3 is 0 Å². The number of benzene rings is 1. The molecule has 0 N–H and O–H groups in total. The van der Waals surface area contributed by atoms with E-state index in [1.807, 2.05) is 11.4 Å². The summed E-state index contributed by atoms with van der Waals surface area (Å²) in [6, 6.07) is 6.26. The molecule has 2 aromatic rings. The van der Waals surface area contributed by atoms with Crippen molar-refractivity contribution in [2.75, 3.05) is 0 Å². The predicted molar refractivity (Wildman–Crippen MR) is 66.9 cm³/mol. The average molecular weight is 331 g/mol. The zero-order valence-electron chi connectivity index (χ0n) is 7.05. The third-order valence-corrected chi connectivity index (χ3v) is 4.47. The van der Waals surface area contributed by atoms with Crippen molar-refractivity contribution < 1.29 is 0 Å². The monoisotopic (exact) mass is 329 g/mol. The van der Waals surface area contributed by atoms with Crippen LogP contribution in [0.25, 0.3) is 10.1 Å². The zero-order chi connectivity index (χ0) is 10.1. The Morgan fingerprint density at radius 3 is 2.86 bits per heavy atom. The number of rotatable bonds is 1. The number of fused-ring (bicyclic) bond motifs is 1. The molecule has 0 amide bonds. The maximum absolute atomic E-state index is 9.02. The Balaban J connectivity index is 2.84. The minimum absolute atomic E-state index is 0.741. The van der Waals surface area contributed by atoms with Crippen molar-refractivity contribution in [1.29, 1.82) is 5.26 Å². The summed E-state index contributed by atoms with van der Waals surface area (Å²) in [6.45, 7) is 0. The van der Waals surface area contributed by atoms with E-state index in [1.165, 1.54) is 0 Å². The Kier molecular flexibility index (Phi) is 2.91. The van der Waals surface area contributed by atoms with E-state index < -0.39 is 0 Å². The van der Waals surface area contributed by atoms with Gasteiger partial charge in [0, 0.05) is 25.3 Å². The normalized spacial score (nSPS) is 10.4. The van der Waals surface area contributed by atoms with Crippen LogP contribution in [-0.4, -0.2) is 0 Å². The Labute approximate surface area is 103 Å². The van der Waals surface area contributed by atoms with Gasteiger partial charge in [0.15, 0.2) is 0 Å². The van der Waals surface area contributed by atoms with Crippen molar-refractivity contribution in [1.82, 2.24) is 0 Å². The summed E-state index contributed by atoms with van der Waals surface area (Å²) in [7, 11) is 0. The van der Waals surface area contributed by atoms with E-state index in [9.17, 15) is 0 Å². The molecule has 2 rings (SSSR count). The molecule has 0 atom stereocenters. The van der Waals surface area contributed by atoms with Crippen LogP contribution >= 0.6 is 43.2 Å². The highest BCUT2D eigenvalue weighted by molar-refractivity contribution is 9.10. The summed E-state index contributed by atoms with van der Waals surface area (Å²) in [4.78, 5) is 0. The molecule has 14 heavy (non-hydrogen) atoms. The quantitative estimate of drug-likeness (QED) is 0.709. The highest BCUT2D eigenvalue weighted by Gasteiger charge is 2.08. The van der Waals surface area contributed by atoms with Gasteiger partial charge in [-0.05, 0) is 33.6 Å². The Morgan fingerprint density at radius 1 is 1.43 bits per heavy atom. The number of thiophene rings is 1. The fourth-order valence-corrected chi connectivity index (χ4v) is 3.42. The highest BCUT2D eigenvalue weighted by atomic mass is 79.9. The lowest BCUT2D eigenvalue weighted by Gasteiger charge is -1.99.